The zero-order valence-electron chi connectivity index (χ0n) is 10.6. The molecule has 0 radical (unpaired) electrons. The summed E-state index contributed by atoms with van der Waals surface area (Å²) in [4.78, 5) is 14.1. The van der Waals surface area contributed by atoms with Gasteiger partial charge in [0.1, 0.15) is 16.8 Å². The van der Waals surface area contributed by atoms with Gasteiger partial charge in [0, 0.05) is 16.9 Å². The van der Waals surface area contributed by atoms with Crippen LogP contribution in [0.2, 0.25) is 5.15 Å². The Morgan fingerprint density at radius 2 is 2.11 bits per heavy atom. The molecule has 18 heavy (non-hydrogen) atoms. The minimum absolute atomic E-state index is 0.519. The number of rotatable bonds is 4. The van der Waals surface area contributed by atoms with E-state index in [1.165, 1.54) is 4.88 Å². The number of aromatic nitrogens is 3. The molecule has 0 aromatic carbocycles. The Balaban J connectivity index is 2.18. The fraction of sp³-hybridized carbons (Fsp3) is 0.417. The molecule has 0 fully saturated rings. The molecule has 0 unspecified atom stereocenters. The Hall–Kier alpha value is -1.20. The minimum Gasteiger partial charge on any atom is -0.365 e. The van der Waals surface area contributed by atoms with Crippen molar-refractivity contribution in [1.82, 2.24) is 15.0 Å². The molecule has 2 aromatic heterocycles. The zero-order chi connectivity index (χ0) is 13.1. The van der Waals surface area contributed by atoms with Gasteiger partial charge in [0.25, 0.3) is 0 Å². The molecule has 96 valence electrons. The van der Waals surface area contributed by atoms with Gasteiger partial charge in [-0.15, -0.1) is 11.3 Å². The highest BCUT2D eigenvalue weighted by Crippen LogP contribution is 2.21. The van der Waals surface area contributed by atoms with Crippen molar-refractivity contribution >= 4 is 28.8 Å². The summed E-state index contributed by atoms with van der Waals surface area (Å²) in [5, 5.41) is 3.83. The van der Waals surface area contributed by atoms with Crippen molar-refractivity contribution < 1.29 is 0 Å². The van der Waals surface area contributed by atoms with Gasteiger partial charge in [-0.1, -0.05) is 18.5 Å². The smallest absolute Gasteiger partial charge is 0.137 e. The molecule has 0 aliphatic heterocycles. The lowest BCUT2D eigenvalue weighted by atomic mass is 10.3. The molecule has 2 rings (SSSR count). The van der Waals surface area contributed by atoms with Crippen LogP contribution < -0.4 is 5.32 Å². The predicted molar refractivity (Wildman–Crippen MR) is 75.3 cm³/mol. The van der Waals surface area contributed by atoms with Gasteiger partial charge in [-0.25, -0.2) is 15.0 Å². The molecule has 0 spiro atoms. The minimum atomic E-state index is 0.519. The summed E-state index contributed by atoms with van der Waals surface area (Å²) in [7, 11) is 0. The molecule has 0 saturated heterocycles. The Labute approximate surface area is 115 Å². The van der Waals surface area contributed by atoms with Crippen LogP contribution in [0.4, 0.5) is 5.82 Å². The van der Waals surface area contributed by atoms with Gasteiger partial charge < -0.3 is 5.32 Å². The first-order valence-corrected chi connectivity index (χ1v) is 7.03. The Bertz CT molecular complexity index is 553. The zero-order valence-corrected chi connectivity index (χ0v) is 12.2. The number of thiazole rings is 1. The maximum absolute atomic E-state index is 6.09. The highest BCUT2D eigenvalue weighted by Gasteiger charge is 2.09. The van der Waals surface area contributed by atoms with E-state index >= 15 is 0 Å². The van der Waals surface area contributed by atoms with Gasteiger partial charge in [-0.2, -0.15) is 0 Å². The van der Waals surface area contributed by atoms with E-state index in [0.717, 1.165) is 29.3 Å². The number of halogens is 1. The van der Waals surface area contributed by atoms with Crippen LogP contribution >= 0.6 is 22.9 Å². The number of nitrogens with zero attached hydrogens (tertiary/aromatic N) is 3. The van der Waals surface area contributed by atoms with Crippen LogP contribution in [0, 0.1) is 13.8 Å². The molecule has 0 atom stereocenters. The number of anilines is 1. The van der Waals surface area contributed by atoms with Gasteiger partial charge in [0.05, 0.1) is 17.7 Å². The third-order valence-electron chi connectivity index (χ3n) is 2.71. The van der Waals surface area contributed by atoms with Gasteiger partial charge in [0.15, 0.2) is 0 Å². The van der Waals surface area contributed by atoms with Crippen molar-refractivity contribution in [2.75, 3.05) is 5.32 Å². The summed E-state index contributed by atoms with van der Waals surface area (Å²) < 4.78 is 0. The summed E-state index contributed by atoms with van der Waals surface area (Å²) in [6.45, 7) is 6.65. The van der Waals surface area contributed by atoms with Crippen LogP contribution in [-0.2, 0) is 13.0 Å². The molecule has 4 nitrogen and oxygen atoms in total. The van der Waals surface area contributed by atoms with Gasteiger partial charge in [0.2, 0.25) is 0 Å². The average Bonchev–Trinajstić information content (AvgIpc) is 2.76. The molecular formula is C12H15ClN4S. The summed E-state index contributed by atoms with van der Waals surface area (Å²) in [6, 6.07) is 0. The van der Waals surface area contributed by atoms with E-state index < -0.39 is 0 Å². The van der Waals surface area contributed by atoms with Crippen molar-refractivity contribution in [3.8, 4) is 0 Å². The summed E-state index contributed by atoms with van der Waals surface area (Å²) >= 11 is 7.73. The highest BCUT2D eigenvalue weighted by atomic mass is 35.5. The first-order chi connectivity index (χ1) is 8.61. The molecule has 1 N–H and O–H groups in total. The van der Waals surface area contributed by atoms with Crippen LogP contribution in [0.25, 0.3) is 0 Å². The van der Waals surface area contributed by atoms with E-state index in [4.69, 9.17) is 11.6 Å². The molecule has 0 amide bonds. The van der Waals surface area contributed by atoms with Crippen LogP contribution in [0.5, 0.6) is 0 Å². The third kappa shape index (κ3) is 2.79. The standard InChI is InChI=1S/C12H15ClN4S/c1-4-10-16-11(13)7(2)12(17-10)14-5-9-8(3)15-6-18-9/h6H,4-5H2,1-3H3,(H,14,16,17). The number of nitrogens with one attached hydrogen (secondary N) is 1. The summed E-state index contributed by atoms with van der Waals surface area (Å²) in [5.41, 5.74) is 3.79. The maximum atomic E-state index is 6.09. The largest absolute Gasteiger partial charge is 0.365 e. The van der Waals surface area contributed by atoms with E-state index in [1.54, 1.807) is 11.3 Å². The van der Waals surface area contributed by atoms with Crippen LogP contribution in [0.3, 0.4) is 0 Å². The van der Waals surface area contributed by atoms with E-state index in [9.17, 15) is 0 Å². The fourth-order valence-electron chi connectivity index (χ4n) is 1.52. The molecular weight excluding hydrogens is 268 g/mol. The fourth-order valence-corrected chi connectivity index (χ4v) is 2.43. The normalized spacial score (nSPS) is 10.7. The first kappa shape index (κ1) is 13.2. The van der Waals surface area contributed by atoms with Crippen LogP contribution in [-0.4, -0.2) is 15.0 Å². The second-order valence-electron chi connectivity index (χ2n) is 3.97. The Morgan fingerprint density at radius 1 is 1.33 bits per heavy atom. The average molecular weight is 283 g/mol. The lowest BCUT2D eigenvalue weighted by Crippen LogP contribution is -2.07. The lowest BCUT2D eigenvalue weighted by Gasteiger charge is -2.10. The van der Waals surface area contributed by atoms with Gasteiger partial charge in [-0.05, 0) is 13.8 Å². The highest BCUT2D eigenvalue weighted by molar-refractivity contribution is 7.09. The van der Waals surface area contributed by atoms with Gasteiger partial charge in [-0.3, -0.25) is 0 Å². The number of aryl methyl sites for hydroxylation is 2. The molecule has 6 heteroatoms. The molecule has 0 saturated carbocycles. The van der Waals surface area contributed by atoms with E-state index in [2.05, 4.69) is 20.3 Å². The topological polar surface area (TPSA) is 50.7 Å². The lowest BCUT2D eigenvalue weighted by molar-refractivity contribution is 0.923. The third-order valence-corrected chi connectivity index (χ3v) is 4.01. The van der Waals surface area contributed by atoms with Gasteiger partial charge >= 0.3 is 0 Å². The van der Waals surface area contributed by atoms with Crippen LogP contribution in [0.1, 0.15) is 28.9 Å². The molecule has 2 aromatic rings. The second kappa shape index (κ2) is 5.63. The SMILES string of the molecule is CCc1nc(Cl)c(C)c(NCc2scnc2C)n1. The van der Waals surface area contributed by atoms with E-state index in [1.807, 2.05) is 26.3 Å². The first-order valence-electron chi connectivity index (χ1n) is 5.77. The van der Waals surface area contributed by atoms with E-state index in [-0.39, 0.29) is 0 Å². The van der Waals surface area contributed by atoms with Crippen molar-refractivity contribution in [1.29, 1.82) is 0 Å². The number of hydrogen-bond acceptors (Lipinski definition) is 5. The molecule has 0 bridgehead atoms. The van der Waals surface area contributed by atoms with Crippen molar-refractivity contribution in [2.24, 2.45) is 0 Å². The Kier molecular flexibility index (Phi) is 4.14. The van der Waals surface area contributed by atoms with Crippen LogP contribution in [0.15, 0.2) is 5.51 Å². The second-order valence-corrected chi connectivity index (χ2v) is 5.27. The van der Waals surface area contributed by atoms with Crippen molar-refractivity contribution in [3.05, 3.63) is 32.6 Å². The summed E-state index contributed by atoms with van der Waals surface area (Å²) in [5.74, 6) is 1.56. The molecule has 0 aliphatic carbocycles. The monoisotopic (exact) mass is 282 g/mol. The number of hydrogen-bond donors (Lipinski definition) is 1. The Morgan fingerprint density at radius 3 is 2.72 bits per heavy atom. The quantitative estimate of drug-likeness (QED) is 0.874. The van der Waals surface area contributed by atoms with Crippen molar-refractivity contribution in [3.63, 3.8) is 0 Å². The molecule has 2 heterocycles. The predicted octanol–water partition coefficient (Wildman–Crippen LogP) is 3.38. The molecule has 0 aliphatic rings. The maximum Gasteiger partial charge on any atom is 0.137 e. The van der Waals surface area contributed by atoms with Crippen molar-refractivity contribution in [2.45, 2.75) is 33.7 Å². The van der Waals surface area contributed by atoms with E-state index in [0.29, 0.717) is 11.7 Å². The summed E-state index contributed by atoms with van der Waals surface area (Å²) in [6.07, 6.45) is 0.772.